The molecule has 0 spiro atoms. The zero-order chi connectivity index (χ0) is 24.2. The number of aromatic nitrogens is 4. The fourth-order valence-electron chi connectivity index (χ4n) is 2.91. The Balaban J connectivity index is 1.70. The van der Waals surface area contributed by atoms with Gasteiger partial charge in [-0.1, -0.05) is 46.9 Å². The number of allylic oxidation sites excluding steroid dienone is 1. The summed E-state index contributed by atoms with van der Waals surface area (Å²) in [4.78, 5) is 28.8. The second-order valence-corrected chi connectivity index (χ2v) is 11.1. The second kappa shape index (κ2) is 10.4. The first-order valence-electron chi connectivity index (χ1n) is 9.84. The number of hydrogen-bond acceptors (Lipinski definition) is 9. The van der Waals surface area contributed by atoms with Gasteiger partial charge in [0, 0.05) is 13.5 Å². The molecule has 33 heavy (non-hydrogen) atoms. The van der Waals surface area contributed by atoms with Crippen LogP contribution in [0.5, 0.6) is 0 Å². The van der Waals surface area contributed by atoms with Gasteiger partial charge in [-0.05, 0) is 26.0 Å². The number of benzene rings is 1. The molecule has 0 aliphatic carbocycles. The molecular weight excluding hydrogens is 482 g/mol. The molecule has 12 heteroatoms. The maximum atomic E-state index is 12.8. The first kappa shape index (κ1) is 24.8. The molecule has 0 fully saturated rings. The number of nitrogens with zero attached hydrogens (tertiary/aromatic N) is 4. The van der Waals surface area contributed by atoms with Gasteiger partial charge in [-0.3, -0.25) is 9.59 Å². The number of rotatable bonds is 10. The van der Waals surface area contributed by atoms with Crippen molar-refractivity contribution in [3.8, 4) is 0 Å². The molecule has 0 saturated heterocycles. The van der Waals surface area contributed by atoms with Crippen LogP contribution in [0.3, 0.4) is 0 Å². The molecule has 3 aromatic rings. The molecule has 0 unspecified atom stereocenters. The van der Waals surface area contributed by atoms with E-state index in [4.69, 9.17) is 0 Å². The van der Waals surface area contributed by atoms with Crippen LogP contribution in [0.4, 0.5) is 5.13 Å². The van der Waals surface area contributed by atoms with Gasteiger partial charge in [-0.2, -0.15) is 0 Å². The first-order valence-corrected chi connectivity index (χ1v) is 13.3. The normalized spacial score (nSPS) is 11.4. The monoisotopic (exact) mass is 505 g/mol. The predicted octanol–water partition coefficient (Wildman–Crippen LogP) is 3.44. The number of carbonyl (C=O) groups excluding carboxylic acids is 2. The van der Waals surface area contributed by atoms with Crippen LogP contribution >= 0.6 is 23.1 Å². The number of nitrogens with one attached hydrogen (secondary N) is 1. The molecule has 2 heterocycles. The minimum Gasteiger partial charge on any atom is -0.301 e. The average Bonchev–Trinajstić information content (AvgIpc) is 3.29. The van der Waals surface area contributed by atoms with Crippen molar-refractivity contribution in [1.82, 2.24) is 19.7 Å². The van der Waals surface area contributed by atoms with Crippen LogP contribution in [-0.2, 0) is 26.9 Å². The zero-order valence-corrected chi connectivity index (χ0v) is 20.8. The highest BCUT2D eigenvalue weighted by Crippen LogP contribution is 2.24. The number of amides is 1. The van der Waals surface area contributed by atoms with Crippen LogP contribution in [0.2, 0.25) is 0 Å². The summed E-state index contributed by atoms with van der Waals surface area (Å²) >= 11 is 2.24. The summed E-state index contributed by atoms with van der Waals surface area (Å²) in [5.41, 5.74) is 1.53. The lowest BCUT2D eigenvalue weighted by atomic mass is 10.2. The van der Waals surface area contributed by atoms with E-state index in [0.717, 1.165) is 28.7 Å². The molecule has 0 atom stereocenters. The van der Waals surface area contributed by atoms with Crippen molar-refractivity contribution >= 4 is 49.8 Å². The largest absolute Gasteiger partial charge is 0.301 e. The van der Waals surface area contributed by atoms with E-state index in [2.05, 4.69) is 27.1 Å². The first-order chi connectivity index (χ1) is 15.6. The summed E-state index contributed by atoms with van der Waals surface area (Å²) in [7, 11) is -3.62. The summed E-state index contributed by atoms with van der Waals surface area (Å²) in [5, 5.41) is 11.5. The third kappa shape index (κ3) is 6.15. The van der Waals surface area contributed by atoms with E-state index in [1.165, 1.54) is 6.92 Å². The van der Waals surface area contributed by atoms with Gasteiger partial charge in [0.05, 0.1) is 21.2 Å². The molecule has 2 aromatic heterocycles. The number of thiazole rings is 1. The van der Waals surface area contributed by atoms with Crippen molar-refractivity contribution < 1.29 is 18.0 Å². The van der Waals surface area contributed by atoms with Gasteiger partial charge < -0.3 is 9.88 Å². The maximum Gasteiger partial charge on any atom is 0.236 e. The van der Waals surface area contributed by atoms with Crippen LogP contribution in [0.15, 0.2) is 47.0 Å². The third-order valence-corrected chi connectivity index (χ3v) is 8.27. The summed E-state index contributed by atoms with van der Waals surface area (Å²) in [6.07, 6.45) is 1.61. The third-order valence-electron chi connectivity index (χ3n) is 4.50. The standard InChI is InChI=1S/C21H23N5O4S3/c1-5-10-26-17(12-33(29,30)16-8-6-13(2)7-9-16)24-25-21(26)31-11-18(28)23-20-22-14(3)19(32-20)15(4)27/h5-9H,1,10-12H2,2-4H3,(H,22,23,28). The van der Waals surface area contributed by atoms with Crippen molar-refractivity contribution in [3.05, 3.63) is 58.9 Å². The van der Waals surface area contributed by atoms with E-state index in [1.54, 1.807) is 41.8 Å². The van der Waals surface area contributed by atoms with E-state index in [9.17, 15) is 18.0 Å². The number of carbonyl (C=O) groups is 2. The maximum absolute atomic E-state index is 12.8. The van der Waals surface area contributed by atoms with Crippen LogP contribution in [-0.4, -0.2) is 45.6 Å². The molecule has 0 aliphatic rings. The molecule has 1 amide bonds. The molecule has 3 rings (SSSR count). The quantitative estimate of drug-likeness (QED) is 0.252. The van der Waals surface area contributed by atoms with E-state index in [-0.39, 0.29) is 33.9 Å². The average molecular weight is 506 g/mol. The Morgan fingerprint density at radius 1 is 1.21 bits per heavy atom. The Bertz CT molecular complexity index is 1290. The van der Waals surface area contributed by atoms with Gasteiger partial charge in [0.1, 0.15) is 11.6 Å². The van der Waals surface area contributed by atoms with Gasteiger partial charge >= 0.3 is 0 Å². The van der Waals surface area contributed by atoms with E-state index < -0.39 is 9.84 Å². The second-order valence-electron chi connectivity index (χ2n) is 7.20. The Morgan fingerprint density at radius 2 is 1.91 bits per heavy atom. The van der Waals surface area contributed by atoms with E-state index in [1.807, 2.05) is 6.92 Å². The fourth-order valence-corrected chi connectivity index (χ4v) is 5.82. The van der Waals surface area contributed by atoms with Gasteiger partial charge in [0.25, 0.3) is 0 Å². The lowest BCUT2D eigenvalue weighted by Crippen LogP contribution is -2.15. The highest BCUT2D eigenvalue weighted by Gasteiger charge is 2.22. The van der Waals surface area contributed by atoms with Gasteiger partial charge in [0.15, 0.2) is 25.9 Å². The lowest BCUT2D eigenvalue weighted by Gasteiger charge is -2.08. The highest BCUT2D eigenvalue weighted by atomic mass is 32.2. The van der Waals surface area contributed by atoms with Crippen molar-refractivity contribution in [2.45, 2.75) is 43.1 Å². The molecule has 0 saturated carbocycles. The number of hydrogen-bond donors (Lipinski definition) is 1. The van der Waals surface area contributed by atoms with Crippen LogP contribution in [0.1, 0.15) is 33.7 Å². The number of aryl methyl sites for hydroxylation is 2. The van der Waals surface area contributed by atoms with Crippen LogP contribution < -0.4 is 5.32 Å². The molecule has 1 N–H and O–H groups in total. The van der Waals surface area contributed by atoms with Crippen molar-refractivity contribution in [1.29, 1.82) is 0 Å². The van der Waals surface area contributed by atoms with Gasteiger partial charge in [-0.25, -0.2) is 13.4 Å². The Labute approximate surface area is 200 Å². The van der Waals surface area contributed by atoms with E-state index >= 15 is 0 Å². The van der Waals surface area contributed by atoms with Crippen molar-refractivity contribution in [2.24, 2.45) is 0 Å². The summed E-state index contributed by atoms with van der Waals surface area (Å²) in [6, 6.07) is 6.61. The fraction of sp³-hybridized carbons (Fsp3) is 0.286. The highest BCUT2D eigenvalue weighted by molar-refractivity contribution is 7.99. The van der Waals surface area contributed by atoms with Crippen molar-refractivity contribution in [3.63, 3.8) is 0 Å². The van der Waals surface area contributed by atoms with Gasteiger partial charge in [-0.15, -0.1) is 16.8 Å². The Kier molecular flexibility index (Phi) is 7.82. The molecule has 0 radical (unpaired) electrons. The number of Topliss-reactive ketones (excluding diaryl/α,β-unsaturated/α-hetero) is 1. The zero-order valence-electron chi connectivity index (χ0n) is 18.4. The number of sulfone groups is 1. The number of thioether (sulfide) groups is 1. The lowest BCUT2D eigenvalue weighted by molar-refractivity contribution is -0.113. The topological polar surface area (TPSA) is 124 Å². The minimum absolute atomic E-state index is 0.00796. The van der Waals surface area contributed by atoms with Crippen molar-refractivity contribution in [2.75, 3.05) is 11.1 Å². The number of ketones is 1. The van der Waals surface area contributed by atoms with Gasteiger partial charge in [0.2, 0.25) is 5.91 Å². The molecular formula is C21H23N5O4S3. The van der Waals surface area contributed by atoms with Crippen LogP contribution in [0.25, 0.3) is 0 Å². The molecule has 1 aromatic carbocycles. The molecule has 174 valence electrons. The molecule has 0 bridgehead atoms. The summed E-state index contributed by atoms with van der Waals surface area (Å²) in [6.45, 7) is 9.05. The number of anilines is 1. The summed E-state index contributed by atoms with van der Waals surface area (Å²) in [5.74, 6) is -0.486. The molecule has 9 nitrogen and oxygen atoms in total. The SMILES string of the molecule is C=CCn1c(CS(=O)(=O)c2ccc(C)cc2)nnc1SCC(=O)Nc1nc(C)c(C(C)=O)s1. The van der Waals surface area contributed by atoms with Crippen LogP contribution in [0, 0.1) is 13.8 Å². The molecule has 0 aliphatic heterocycles. The predicted molar refractivity (Wildman–Crippen MR) is 128 cm³/mol. The minimum atomic E-state index is -3.62. The van der Waals surface area contributed by atoms with E-state index in [0.29, 0.717) is 27.4 Å². The smallest absolute Gasteiger partial charge is 0.236 e. The Hall–Kier alpha value is -2.83. The summed E-state index contributed by atoms with van der Waals surface area (Å²) < 4.78 is 27.3. The Morgan fingerprint density at radius 3 is 2.52 bits per heavy atom.